The molecular weight excluding hydrogens is 452 g/mol. The molecule has 3 aliphatic rings. The summed E-state index contributed by atoms with van der Waals surface area (Å²) in [6.07, 6.45) is 10.4. The molecule has 0 radical (unpaired) electrons. The maximum atomic E-state index is 12.5. The third kappa shape index (κ3) is 4.58. The van der Waals surface area contributed by atoms with Gasteiger partial charge in [0.1, 0.15) is 24.0 Å². The van der Waals surface area contributed by atoms with Gasteiger partial charge in [-0.25, -0.2) is 9.78 Å². The second-order valence-electron chi connectivity index (χ2n) is 9.19. The van der Waals surface area contributed by atoms with E-state index in [9.17, 15) is 4.79 Å². The highest BCUT2D eigenvalue weighted by atomic mass is 16.6. The largest absolute Gasteiger partial charge is 0.423 e. The fourth-order valence-electron chi connectivity index (χ4n) is 5.12. The van der Waals surface area contributed by atoms with Crippen molar-refractivity contribution in [2.75, 3.05) is 13.2 Å². The van der Waals surface area contributed by atoms with Crippen molar-refractivity contribution in [2.24, 2.45) is 0 Å². The summed E-state index contributed by atoms with van der Waals surface area (Å²) in [6, 6.07) is 7.39. The average molecular weight is 481 g/mol. The minimum atomic E-state index is -0.288. The average Bonchev–Trinajstić information content (AvgIpc) is 3.67. The van der Waals surface area contributed by atoms with Crippen LogP contribution in [-0.2, 0) is 9.47 Å². The molecule has 3 aromatic rings. The molecule has 1 aromatic carbocycles. The molecular formula is C23H28N8O4. The Hall–Kier alpha value is -3.51. The number of fused-ring (bicyclic) bond motifs is 1. The zero-order valence-corrected chi connectivity index (χ0v) is 19.2. The molecule has 4 heterocycles. The molecule has 0 bridgehead atoms. The van der Waals surface area contributed by atoms with Crippen LogP contribution in [0.15, 0.2) is 43.0 Å². The van der Waals surface area contributed by atoms with Gasteiger partial charge in [-0.15, -0.1) is 0 Å². The molecule has 12 heteroatoms. The van der Waals surface area contributed by atoms with E-state index in [0.717, 1.165) is 31.4 Å². The normalized spacial score (nSPS) is 26.4. The molecule has 2 amide bonds. The lowest BCUT2D eigenvalue weighted by atomic mass is 9.96. The molecule has 2 aliphatic heterocycles. The van der Waals surface area contributed by atoms with Gasteiger partial charge in [-0.05, 0) is 47.5 Å². The Kier molecular flexibility index (Phi) is 6.05. The Labute approximate surface area is 201 Å². The van der Waals surface area contributed by atoms with Crippen LogP contribution >= 0.6 is 0 Å². The lowest BCUT2D eigenvalue weighted by Gasteiger charge is -2.24. The molecule has 1 aliphatic carbocycles. The van der Waals surface area contributed by atoms with E-state index in [1.54, 1.807) is 17.2 Å². The van der Waals surface area contributed by atoms with Gasteiger partial charge in [0.15, 0.2) is 0 Å². The molecule has 12 nitrogen and oxygen atoms in total. The quantitative estimate of drug-likeness (QED) is 0.548. The zero-order valence-electron chi connectivity index (χ0n) is 19.2. The molecule has 4 atom stereocenters. The lowest BCUT2D eigenvalue weighted by molar-refractivity contribution is 0.0613. The lowest BCUT2D eigenvalue weighted by Crippen LogP contribution is -2.50. The molecule has 184 valence electrons. The van der Waals surface area contributed by atoms with Crippen molar-refractivity contribution in [3.8, 4) is 17.4 Å². The number of aromatic nitrogens is 6. The molecule has 3 fully saturated rings. The first-order chi connectivity index (χ1) is 17.2. The summed E-state index contributed by atoms with van der Waals surface area (Å²) in [5, 5.41) is 18.1. The van der Waals surface area contributed by atoms with Crippen molar-refractivity contribution in [1.29, 1.82) is 0 Å². The van der Waals surface area contributed by atoms with Gasteiger partial charge < -0.3 is 29.4 Å². The second-order valence-corrected chi connectivity index (χ2v) is 9.19. The van der Waals surface area contributed by atoms with Crippen molar-refractivity contribution < 1.29 is 19.0 Å². The van der Waals surface area contributed by atoms with Gasteiger partial charge in [-0.1, -0.05) is 24.4 Å². The van der Waals surface area contributed by atoms with Crippen LogP contribution in [0, 0.1) is 0 Å². The van der Waals surface area contributed by atoms with E-state index in [4.69, 9.17) is 14.2 Å². The molecule has 2 aromatic heterocycles. The van der Waals surface area contributed by atoms with Gasteiger partial charge in [0, 0.05) is 24.1 Å². The molecule has 0 unspecified atom stereocenters. The number of carbonyl (C=O) groups is 1. The molecule has 1 saturated carbocycles. The van der Waals surface area contributed by atoms with Crippen molar-refractivity contribution in [3.05, 3.63) is 43.0 Å². The monoisotopic (exact) mass is 480 g/mol. The number of urea groups is 1. The summed E-state index contributed by atoms with van der Waals surface area (Å²) in [7, 11) is 0. The van der Waals surface area contributed by atoms with Gasteiger partial charge >= 0.3 is 12.0 Å². The summed E-state index contributed by atoms with van der Waals surface area (Å²) < 4.78 is 21.5. The van der Waals surface area contributed by atoms with Crippen molar-refractivity contribution >= 4 is 6.03 Å². The van der Waals surface area contributed by atoms with E-state index >= 15 is 0 Å². The summed E-state index contributed by atoms with van der Waals surface area (Å²) >= 11 is 0. The Morgan fingerprint density at radius 3 is 2.66 bits per heavy atom. The molecule has 2 saturated heterocycles. The fraction of sp³-hybridized carbons (Fsp3) is 0.522. The summed E-state index contributed by atoms with van der Waals surface area (Å²) in [5.41, 5.74) is 0.965. The number of imidazole rings is 1. The van der Waals surface area contributed by atoms with E-state index in [2.05, 4.69) is 31.1 Å². The minimum absolute atomic E-state index is 0.163. The Morgan fingerprint density at radius 2 is 1.86 bits per heavy atom. The van der Waals surface area contributed by atoms with E-state index in [1.807, 2.05) is 35.0 Å². The smallest absolute Gasteiger partial charge is 0.341 e. The molecule has 6 rings (SSSR count). The fourth-order valence-corrected chi connectivity index (χ4v) is 5.12. The molecule has 35 heavy (non-hydrogen) atoms. The second kappa shape index (κ2) is 9.62. The molecule has 0 spiro atoms. The zero-order chi connectivity index (χ0) is 23.6. The highest BCUT2D eigenvalue weighted by Gasteiger charge is 2.50. The summed E-state index contributed by atoms with van der Waals surface area (Å²) in [4.78, 5) is 16.6. The van der Waals surface area contributed by atoms with Crippen molar-refractivity contribution in [3.63, 3.8) is 0 Å². The van der Waals surface area contributed by atoms with Crippen LogP contribution in [0.3, 0.4) is 0 Å². The number of rotatable bonds is 6. The topological polar surface area (TPSA) is 130 Å². The maximum absolute atomic E-state index is 12.5. The molecule has 2 N–H and O–H groups in total. The standard InChI is InChI=1S/C23H28N8O4/c32-22(25-15-4-2-1-3-5-15)26-18-12-33-21-19(13-34-20(18)21)31-23(27-28-29-31)35-17-8-6-16(7-9-17)30-11-10-24-14-30/h6-11,14-15,18-21H,1-5,12-13H2,(H2,25,26,32)/t18-,19+,20-,21+/m0/s1. The highest BCUT2D eigenvalue weighted by Crippen LogP contribution is 2.36. The number of amides is 2. The van der Waals surface area contributed by atoms with Crippen molar-refractivity contribution in [1.82, 2.24) is 40.4 Å². The van der Waals surface area contributed by atoms with Crippen LogP contribution in [0.4, 0.5) is 4.79 Å². The first-order valence-electron chi connectivity index (χ1n) is 12.1. The number of hydrogen-bond acceptors (Lipinski definition) is 8. The number of ether oxygens (including phenoxy) is 3. The van der Waals surface area contributed by atoms with Crippen LogP contribution in [0.2, 0.25) is 0 Å². The first kappa shape index (κ1) is 22.0. The third-order valence-electron chi connectivity index (χ3n) is 6.91. The Bertz CT molecular complexity index is 1130. The highest BCUT2D eigenvalue weighted by molar-refractivity contribution is 5.74. The SMILES string of the molecule is O=C(NC1CCCCC1)N[C@H]1CO[C@H]2[C@H]1OC[C@H]2n1nnnc1Oc1ccc(-n2ccnc2)cc1. The number of nitrogens with zero attached hydrogens (tertiary/aromatic N) is 6. The predicted molar refractivity (Wildman–Crippen MR) is 122 cm³/mol. The number of hydrogen-bond donors (Lipinski definition) is 2. The van der Waals surface area contributed by atoms with Crippen molar-refractivity contribution in [2.45, 2.75) is 62.4 Å². The maximum Gasteiger partial charge on any atom is 0.341 e. The van der Waals surface area contributed by atoms with Crippen LogP contribution in [0.25, 0.3) is 5.69 Å². The number of carbonyl (C=O) groups excluding carboxylic acids is 1. The van der Waals surface area contributed by atoms with E-state index in [-0.39, 0.29) is 42.4 Å². The Balaban J connectivity index is 1.08. The predicted octanol–water partition coefficient (Wildman–Crippen LogP) is 1.99. The number of benzene rings is 1. The van der Waals surface area contributed by atoms with Crippen LogP contribution < -0.4 is 15.4 Å². The van der Waals surface area contributed by atoms with Crippen LogP contribution in [0.1, 0.15) is 38.1 Å². The third-order valence-corrected chi connectivity index (χ3v) is 6.91. The van der Waals surface area contributed by atoms with Gasteiger partial charge in [0.25, 0.3) is 0 Å². The van der Waals surface area contributed by atoms with E-state index in [1.165, 1.54) is 6.42 Å². The van der Waals surface area contributed by atoms with Gasteiger partial charge in [0.05, 0.1) is 25.6 Å². The number of nitrogens with one attached hydrogen (secondary N) is 2. The minimum Gasteiger partial charge on any atom is -0.423 e. The van der Waals surface area contributed by atoms with Crippen LogP contribution in [0.5, 0.6) is 11.8 Å². The van der Waals surface area contributed by atoms with Gasteiger partial charge in [-0.2, -0.15) is 4.68 Å². The number of tetrazole rings is 1. The van der Waals surface area contributed by atoms with E-state index < -0.39 is 0 Å². The Morgan fingerprint density at radius 1 is 1.03 bits per heavy atom. The van der Waals surface area contributed by atoms with E-state index in [0.29, 0.717) is 19.0 Å². The van der Waals surface area contributed by atoms with Crippen LogP contribution in [-0.4, -0.2) is 73.3 Å². The van der Waals surface area contributed by atoms with Gasteiger partial charge in [-0.3, -0.25) is 0 Å². The summed E-state index contributed by atoms with van der Waals surface area (Å²) in [6.45, 7) is 0.733. The first-order valence-corrected chi connectivity index (χ1v) is 12.1. The van der Waals surface area contributed by atoms with Gasteiger partial charge in [0.2, 0.25) is 0 Å². The summed E-state index contributed by atoms with van der Waals surface area (Å²) in [5.74, 6) is 0.603.